The van der Waals surface area contributed by atoms with Gasteiger partial charge in [-0.25, -0.2) is 0 Å². The van der Waals surface area contributed by atoms with Crippen molar-refractivity contribution in [3.63, 3.8) is 0 Å². The molecule has 0 bridgehead atoms. The van der Waals surface area contributed by atoms with E-state index in [1.54, 1.807) is 6.92 Å². The third-order valence-electron chi connectivity index (χ3n) is 5.63. The summed E-state index contributed by atoms with van der Waals surface area (Å²) < 4.78 is 10.8. The number of aryl methyl sites for hydroxylation is 2. The van der Waals surface area contributed by atoms with Crippen LogP contribution in [0, 0.1) is 13.8 Å². The van der Waals surface area contributed by atoms with Crippen LogP contribution in [0.5, 0.6) is 0 Å². The molecule has 0 radical (unpaired) electrons. The molecule has 8 heteroatoms. The number of amides is 1. The molecule has 0 aliphatic carbocycles. The molecule has 26 heavy (non-hydrogen) atoms. The summed E-state index contributed by atoms with van der Waals surface area (Å²) in [5.41, 5.74) is 2.13. The van der Waals surface area contributed by atoms with Crippen LogP contribution >= 0.6 is 0 Å². The second kappa shape index (κ2) is 6.83. The molecule has 0 atom stereocenters. The van der Waals surface area contributed by atoms with Crippen LogP contribution in [0.2, 0.25) is 0 Å². The van der Waals surface area contributed by atoms with Gasteiger partial charge in [-0.1, -0.05) is 10.3 Å². The first kappa shape index (κ1) is 17.2. The molecule has 8 nitrogen and oxygen atoms in total. The first-order valence-corrected chi connectivity index (χ1v) is 9.24. The monoisotopic (exact) mass is 359 g/mol. The summed E-state index contributed by atoms with van der Waals surface area (Å²) in [6.45, 7) is 9.78. The second-order valence-corrected chi connectivity index (χ2v) is 7.46. The largest absolute Gasteiger partial charge is 0.361 e. The lowest BCUT2D eigenvalue weighted by Crippen LogP contribution is -2.44. The van der Waals surface area contributed by atoms with Gasteiger partial charge in [-0.15, -0.1) is 0 Å². The predicted octanol–water partition coefficient (Wildman–Crippen LogP) is 2.00. The Kier molecular flexibility index (Phi) is 4.52. The Morgan fingerprint density at radius 3 is 2.46 bits per heavy atom. The molecule has 140 valence electrons. The van der Waals surface area contributed by atoms with Gasteiger partial charge in [-0.2, -0.15) is 4.98 Å². The smallest absolute Gasteiger partial charge is 0.232 e. The van der Waals surface area contributed by atoms with Gasteiger partial charge in [0.2, 0.25) is 11.8 Å². The Balaban J connectivity index is 1.30. The van der Waals surface area contributed by atoms with Crippen molar-refractivity contribution >= 4 is 5.91 Å². The van der Waals surface area contributed by atoms with Crippen LogP contribution in [0.3, 0.4) is 0 Å². The summed E-state index contributed by atoms with van der Waals surface area (Å²) >= 11 is 0. The lowest BCUT2D eigenvalue weighted by atomic mass is 9.95. The van der Waals surface area contributed by atoms with Crippen molar-refractivity contribution < 1.29 is 13.8 Å². The summed E-state index contributed by atoms with van der Waals surface area (Å²) in [5.74, 6) is 3.17. The summed E-state index contributed by atoms with van der Waals surface area (Å²) in [5, 5.41) is 8.22. The van der Waals surface area contributed by atoms with Crippen molar-refractivity contribution in [3.05, 3.63) is 28.7 Å². The molecule has 2 aliphatic rings. The number of nitrogens with zero attached hydrogens (tertiary/aromatic N) is 5. The van der Waals surface area contributed by atoms with Gasteiger partial charge in [0.05, 0.1) is 11.6 Å². The first-order chi connectivity index (χ1) is 12.5. The first-order valence-electron chi connectivity index (χ1n) is 9.24. The highest BCUT2D eigenvalue weighted by Gasteiger charge is 2.34. The molecule has 1 amide bonds. The van der Waals surface area contributed by atoms with Crippen molar-refractivity contribution in [2.24, 2.45) is 0 Å². The zero-order valence-corrected chi connectivity index (χ0v) is 15.6. The molecule has 0 spiro atoms. The molecule has 2 aliphatic heterocycles. The average molecular weight is 359 g/mol. The highest BCUT2D eigenvalue weighted by Crippen LogP contribution is 2.31. The number of hydrogen-bond acceptors (Lipinski definition) is 7. The van der Waals surface area contributed by atoms with Crippen molar-refractivity contribution in [2.45, 2.75) is 52.0 Å². The number of hydrogen-bond donors (Lipinski definition) is 0. The van der Waals surface area contributed by atoms with Gasteiger partial charge in [0.15, 0.2) is 5.82 Å². The van der Waals surface area contributed by atoms with Gasteiger partial charge in [-0.05, 0) is 26.7 Å². The molecule has 0 N–H and O–H groups in total. The van der Waals surface area contributed by atoms with Crippen LogP contribution in [0.1, 0.15) is 60.3 Å². The molecular formula is C18H25N5O3. The van der Waals surface area contributed by atoms with Crippen LogP contribution < -0.4 is 0 Å². The second-order valence-electron chi connectivity index (χ2n) is 7.46. The van der Waals surface area contributed by atoms with E-state index in [-0.39, 0.29) is 5.91 Å². The van der Waals surface area contributed by atoms with Gasteiger partial charge < -0.3 is 13.9 Å². The lowest BCUT2D eigenvalue weighted by Gasteiger charge is -2.36. The highest BCUT2D eigenvalue weighted by molar-refractivity contribution is 5.73. The number of carbonyl (C=O) groups is 1. The molecule has 2 fully saturated rings. The molecule has 0 aromatic carbocycles. The van der Waals surface area contributed by atoms with E-state index in [1.165, 1.54) is 5.56 Å². The van der Waals surface area contributed by atoms with E-state index in [0.29, 0.717) is 11.8 Å². The van der Waals surface area contributed by atoms with E-state index in [1.807, 2.05) is 18.7 Å². The third kappa shape index (κ3) is 3.25. The highest BCUT2D eigenvalue weighted by atomic mass is 16.5. The molecule has 2 aromatic heterocycles. The van der Waals surface area contributed by atoms with Crippen molar-refractivity contribution in [1.29, 1.82) is 0 Å². The standard InChI is InChI=1S/C18H25N5O3/c1-11-16(12(2)25-20-11)10-22-8-15(9-22)18-19-17(21-26-18)14-4-6-23(7-5-14)13(3)24/h14-15H,4-10H2,1-3H3. The van der Waals surface area contributed by atoms with E-state index in [2.05, 4.69) is 20.2 Å². The van der Waals surface area contributed by atoms with Crippen molar-refractivity contribution in [2.75, 3.05) is 26.2 Å². The SMILES string of the molecule is CC(=O)N1CCC(c2noc(C3CN(Cc4c(C)noc4C)C3)n2)CC1. The molecule has 4 rings (SSSR count). The summed E-state index contributed by atoms with van der Waals surface area (Å²) in [4.78, 5) is 20.3. The number of carbonyl (C=O) groups excluding carboxylic acids is 1. The maximum atomic E-state index is 11.4. The molecule has 0 saturated carbocycles. The van der Waals surface area contributed by atoms with Crippen molar-refractivity contribution in [1.82, 2.24) is 25.1 Å². The molecule has 4 heterocycles. The van der Waals surface area contributed by atoms with Gasteiger partial charge in [-0.3, -0.25) is 9.69 Å². The molecule has 2 saturated heterocycles. The topological polar surface area (TPSA) is 88.5 Å². The number of aromatic nitrogens is 3. The summed E-state index contributed by atoms with van der Waals surface area (Å²) in [6.07, 6.45) is 1.81. The number of piperidine rings is 1. The van der Waals surface area contributed by atoms with Crippen LogP contribution in [-0.4, -0.2) is 57.2 Å². The summed E-state index contributed by atoms with van der Waals surface area (Å²) in [6, 6.07) is 0. The molecule has 2 aromatic rings. The maximum absolute atomic E-state index is 11.4. The minimum absolute atomic E-state index is 0.144. The third-order valence-corrected chi connectivity index (χ3v) is 5.63. The predicted molar refractivity (Wildman–Crippen MR) is 92.5 cm³/mol. The van der Waals surface area contributed by atoms with Crippen LogP contribution in [-0.2, 0) is 11.3 Å². The van der Waals surface area contributed by atoms with E-state index in [9.17, 15) is 4.79 Å². The number of rotatable bonds is 4. The maximum Gasteiger partial charge on any atom is 0.232 e. The Labute approximate surface area is 152 Å². The van der Waals surface area contributed by atoms with E-state index in [4.69, 9.17) is 9.05 Å². The van der Waals surface area contributed by atoms with Gasteiger partial charge >= 0.3 is 0 Å². The minimum Gasteiger partial charge on any atom is -0.361 e. The number of likely N-dealkylation sites (tertiary alicyclic amines) is 2. The Hall–Kier alpha value is -2.22. The van der Waals surface area contributed by atoms with Crippen LogP contribution in [0.15, 0.2) is 9.05 Å². The molecule has 0 unspecified atom stereocenters. The fourth-order valence-corrected chi connectivity index (χ4v) is 3.84. The minimum atomic E-state index is 0.144. The fraction of sp³-hybridized carbons (Fsp3) is 0.667. The Morgan fingerprint density at radius 2 is 1.85 bits per heavy atom. The van der Waals surface area contributed by atoms with Gasteiger partial charge in [0, 0.05) is 51.1 Å². The van der Waals surface area contributed by atoms with E-state index >= 15 is 0 Å². The zero-order valence-electron chi connectivity index (χ0n) is 15.6. The van der Waals surface area contributed by atoms with Crippen LogP contribution in [0.4, 0.5) is 0 Å². The fourth-order valence-electron chi connectivity index (χ4n) is 3.84. The lowest BCUT2D eigenvalue weighted by molar-refractivity contribution is -0.129. The van der Waals surface area contributed by atoms with Gasteiger partial charge in [0.1, 0.15) is 5.76 Å². The van der Waals surface area contributed by atoms with Gasteiger partial charge in [0.25, 0.3) is 0 Å². The van der Waals surface area contributed by atoms with Crippen molar-refractivity contribution in [3.8, 4) is 0 Å². The Bertz CT molecular complexity index is 765. The average Bonchev–Trinajstić information content (AvgIpc) is 3.19. The quantitative estimate of drug-likeness (QED) is 0.825. The normalized spacial score (nSPS) is 19.7. The Morgan fingerprint density at radius 1 is 1.12 bits per heavy atom. The molecular weight excluding hydrogens is 334 g/mol. The zero-order chi connectivity index (χ0) is 18.3. The van der Waals surface area contributed by atoms with E-state index < -0.39 is 0 Å². The summed E-state index contributed by atoms with van der Waals surface area (Å²) in [7, 11) is 0. The van der Waals surface area contributed by atoms with Crippen LogP contribution in [0.25, 0.3) is 0 Å². The van der Waals surface area contributed by atoms with E-state index in [0.717, 1.165) is 68.7 Å².